The molecule has 0 aromatic heterocycles. The SMILES string of the molecule is CCCC1=C(CC)C(C)=C(C)C1CC. The molecule has 0 aromatic rings. The van der Waals surface area contributed by atoms with Gasteiger partial charge in [-0.3, -0.25) is 0 Å². The van der Waals surface area contributed by atoms with Gasteiger partial charge < -0.3 is 0 Å². The van der Waals surface area contributed by atoms with Crippen LogP contribution in [0.2, 0.25) is 0 Å². The summed E-state index contributed by atoms with van der Waals surface area (Å²) in [4.78, 5) is 0. The van der Waals surface area contributed by atoms with Crippen LogP contribution in [0.1, 0.15) is 60.3 Å². The molecule has 0 radical (unpaired) electrons. The highest BCUT2D eigenvalue weighted by Crippen LogP contribution is 2.42. The van der Waals surface area contributed by atoms with E-state index in [1.807, 2.05) is 0 Å². The Balaban J connectivity index is 3.03. The Morgan fingerprint density at radius 2 is 1.71 bits per heavy atom. The van der Waals surface area contributed by atoms with E-state index in [1.165, 1.54) is 25.7 Å². The van der Waals surface area contributed by atoms with Crippen molar-refractivity contribution in [1.82, 2.24) is 0 Å². The molecule has 0 saturated carbocycles. The molecule has 0 heteroatoms. The van der Waals surface area contributed by atoms with Crippen molar-refractivity contribution in [3.63, 3.8) is 0 Å². The van der Waals surface area contributed by atoms with Crippen LogP contribution in [0.15, 0.2) is 22.3 Å². The molecule has 0 aliphatic heterocycles. The van der Waals surface area contributed by atoms with Crippen molar-refractivity contribution in [2.45, 2.75) is 60.3 Å². The number of rotatable bonds is 4. The molecule has 14 heavy (non-hydrogen) atoms. The lowest BCUT2D eigenvalue weighted by atomic mass is 9.90. The van der Waals surface area contributed by atoms with E-state index in [0.29, 0.717) is 0 Å². The Bertz CT molecular complexity index is 266. The summed E-state index contributed by atoms with van der Waals surface area (Å²) in [5, 5.41) is 0. The van der Waals surface area contributed by atoms with Gasteiger partial charge in [-0.1, -0.05) is 38.3 Å². The molecule has 0 bridgehead atoms. The van der Waals surface area contributed by atoms with Gasteiger partial charge in [-0.25, -0.2) is 0 Å². The fourth-order valence-corrected chi connectivity index (χ4v) is 2.85. The summed E-state index contributed by atoms with van der Waals surface area (Å²) in [5.74, 6) is 0.768. The first-order valence-corrected chi connectivity index (χ1v) is 6.06. The normalized spacial score (nSPS) is 22.5. The first kappa shape index (κ1) is 11.6. The highest BCUT2D eigenvalue weighted by molar-refractivity contribution is 5.47. The molecule has 0 N–H and O–H groups in total. The molecule has 0 fully saturated rings. The zero-order valence-electron chi connectivity index (χ0n) is 10.4. The van der Waals surface area contributed by atoms with Gasteiger partial charge in [-0.2, -0.15) is 0 Å². The number of hydrogen-bond donors (Lipinski definition) is 0. The summed E-state index contributed by atoms with van der Waals surface area (Å²) >= 11 is 0. The van der Waals surface area contributed by atoms with Crippen molar-refractivity contribution < 1.29 is 0 Å². The Kier molecular flexibility index (Phi) is 3.97. The van der Waals surface area contributed by atoms with Crippen molar-refractivity contribution in [2.24, 2.45) is 5.92 Å². The van der Waals surface area contributed by atoms with E-state index < -0.39 is 0 Å². The first-order chi connectivity index (χ1) is 6.67. The third-order valence-corrected chi connectivity index (χ3v) is 3.66. The molecular formula is C14H24. The maximum Gasteiger partial charge on any atom is 0.00133 e. The molecule has 1 rings (SSSR count). The average Bonchev–Trinajstić information content (AvgIpc) is 2.40. The minimum atomic E-state index is 0.768. The van der Waals surface area contributed by atoms with E-state index >= 15 is 0 Å². The highest BCUT2D eigenvalue weighted by atomic mass is 14.3. The van der Waals surface area contributed by atoms with E-state index in [4.69, 9.17) is 0 Å². The summed E-state index contributed by atoms with van der Waals surface area (Å²) in [5.41, 5.74) is 6.62. The number of allylic oxidation sites excluding steroid dienone is 4. The highest BCUT2D eigenvalue weighted by Gasteiger charge is 2.25. The van der Waals surface area contributed by atoms with E-state index in [1.54, 1.807) is 22.3 Å². The molecule has 0 nitrogen and oxygen atoms in total. The molecule has 1 aliphatic rings. The topological polar surface area (TPSA) is 0 Å². The van der Waals surface area contributed by atoms with Crippen LogP contribution in [-0.2, 0) is 0 Å². The van der Waals surface area contributed by atoms with Gasteiger partial charge in [0.2, 0.25) is 0 Å². The second-order valence-electron chi connectivity index (χ2n) is 4.38. The second kappa shape index (κ2) is 4.82. The van der Waals surface area contributed by atoms with Gasteiger partial charge in [0.25, 0.3) is 0 Å². The molecule has 80 valence electrons. The van der Waals surface area contributed by atoms with E-state index in [-0.39, 0.29) is 0 Å². The minimum Gasteiger partial charge on any atom is -0.0651 e. The predicted octanol–water partition coefficient (Wildman–Crippen LogP) is 4.87. The maximum atomic E-state index is 2.32. The Morgan fingerprint density at radius 1 is 1.07 bits per heavy atom. The summed E-state index contributed by atoms with van der Waals surface area (Å²) in [6, 6.07) is 0. The number of hydrogen-bond acceptors (Lipinski definition) is 0. The minimum absolute atomic E-state index is 0.768. The van der Waals surface area contributed by atoms with E-state index in [0.717, 1.165) is 5.92 Å². The fourth-order valence-electron chi connectivity index (χ4n) is 2.85. The molecule has 1 aliphatic carbocycles. The Morgan fingerprint density at radius 3 is 2.14 bits per heavy atom. The van der Waals surface area contributed by atoms with Crippen molar-refractivity contribution >= 4 is 0 Å². The van der Waals surface area contributed by atoms with Crippen LogP contribution in [0.5, 0.6) is 0 Å². The Hall–Kier alpha value is -0.520. The monoisotopic (exact) mass is 192 g/mol. The van der Waals surface area contributed by atoms with Crippen LogP contribution >= 0.6 is 0 Å². The Labute approximate surface area is 89.1 Å². The summed E-state index contributed by atoms with van der Waals surface area (Å²) in [6.07, 6.45) is 5.09. The predicted molar refractivity (Wildman–Crippen MR) is 64.4 cm³/mol. The summed E-state index contributed by atoms with van der Waals surface area (Å²) < 4.78 is 0. The molecule has 0 spiro atoms. The molecule has 0 saturated heterocycles. The molecule has 1 atom stereocenters. The van der Waals surface area contributed by atoms with Crippen LogP contribution in [-0.4, -0.2) is 0 Å². The summed E-state index contributed by atoms with van der Waals surface area (Å²) in [6.45, 7) is 11.5. The lowest BCUT2D eigenvalue weighted by molar-refractivity contribution is 0.651. The van der Waals surface area contributed by atoms with Crippen LogP contribution in [0, 0.1) is 5.92 Å². The van der Waals surface area contributed by atoms with E-state index in [2.05, 4.69) is 34.6 Å². The lowest BCUT2D eigenvalue weighted by Crippen LogP contribution is -2.01. The third-order valence-electron chi connectivity index (χ3n) is 3.66. The molecule has 0 amide bonds. The van der Waals surface area contributed by atoms with Gasteiger partial charge in [0.05, 0.1) is 0 Å². The first-order valence-electron chi connectivity index (χ1n) is 6.06. The van der Waals surface area contributed by atoms with Crippen LogP contribution in [0.3, 0.4) is 0 Å². The maximum absolute atomic E-state index is 2.32. The van der Waals surface area contributed by atoms with Crippen molar-refractivity contribution in [1.29, 1.82) is 0 Å². The van der Waals surface area contributed by atoms with Crippen molar-refractivity contribution in [2.75, 3.05) is 0 Å². The van der Waals surface area contributed by atoms with Gasteiger partial charge in [0.15, 0.2) is 0 Å². The second-order valence-corrected chi connectivity index (χ2v) is 4.38. The average molecular weight is 192 g/mol. The third kappa shape index (κ3) is 1.80. The van der Waals surface area contributed by atoms with Crippen LogP contribution in [0.25, 0.3) is 0 Å². The van der Waals surface area contributed by atoms with E-state index in [9.17, 15) is 0 Å². The largest absolute Gasteiger partial charge is 0.0651 e. The van der Waals surface area contributed by atoms with Crippen LogP contribution < -0.4 is 0 Å². The molecule has 0 aromatic carbocycles. The standard InChI is InChI=1S/C14H24/c1-6-9-14-12(7-2)10(4)11(5)13(14)8-3/h12H,6-9H2,1-5H3. The molecule has 0 heterocycles. The lowest BCUT2D eigenvalue weighted by Gasteiger charge is -2.15. The van der Waals surface area contributed by atoms with Gasteiger partial charge in [-0.15, -0.1) is 0 Å². The van der Waals surface area contributed by atoms with Crippen LogP contribution in [0.4, 0.5) is 0 Å². The van der Waals surface area contributed by atoms with Gasteiger partial charge in [-0.05, 0) is 44.3 Å². The van der Waals surface area contributed by atoms with Crippen molar-refractivity contribution in [3.05, 3.63) is 22.3 Å². The zero-order valence-corrected chi connectivity index (χ0v) is 10.4. The fraction of sp³-hybridized carbons (Fsp3) is 0.714. The van der Waals surface area contributed by atoms with Gasteiger partial charge in [0.1, 0.15) is 0 Å². The quantitative estimate of drug-likeness (QED) is 0.596. The smallest absolute Gasteiger partial charge is 0.00133 e. The van der Waals surface area contributed by atoms with Gasteiger partial charge in [0, 0.05) is 5.92 Å². The zero-order chi connectivity index (χ0) is 10.7. The molecular weight excluding hydrogens is 168 g/mol. The molecule has 1 unspecified atom stereocenters. The van der Waals surface area contributed by atoms with Crippen molar-refractivity contribution in [3.8, 4) is 0 Å². The summed E-state index contributed by atoms with van der Waals surface area (Å²) in [7, 11) is 0. The van der Waals surface area contributed by atoms with Gasteiger partial charge >= 0.3 is 0 Å².